The van der Waals surface area contributed by atoms with Crippen molar-refractivity contribution in [2.24, 2.45) is 0 Å². The normalized spacial score (nSPS) is 19.5. The number of carboxylic acid groups (broad SMARTS) is 1. The van der Waals surface area contributed by atoms with E-state index in [1.807, 2.05) is 39.8 Å². The number of benzene rings is 1. The van der Waals surface area contributed by atoms with Crippen molar-refractivity contribution < 1.29 is 19.2 Å². The van der Waals surface area contributed by atoms with E-state index < -0.39 is 24.4 Å². The third kappa shape index (κ3) is 2.26. The van der Waals surface area contributed by atoms with Crippen LogP contribution in [-0.2, 0) is 9.31 Å². The molecule has 7 heteroatoms. The first kappa shape index (κ1) is 14.9. The molecule has 0 atom stereocenters. The number of amides is 1. The summed E-state index contributed by atoms with van der Waals surface area (Å²) >= 11 is 0. The van der Waals surface area contributed by atoms with E-state index in [1.54, 1.807) is 12.3 Å². The number of hydrogen-bond acceptors (Lipinski definition) is 3. The van der Waals surface area contributed by atoms with Crippen molar-refractivity contribution >= 4 is 35.3 Å². The number of hydrogen-bond donors (Lipinski definition) is 3. The monoisotopic (exact) mass is 302 g/mol. The van der Waals surface area contributed by atoms with Crippen molar-refractivity contribution in [3.05, 3.63) is 24.4 Å². The summed E-state index contributed by atoms with van der Waals surface area (Å²) in [5.74, 6) is 0. The van der Waals surface area contributed by atoms with Gasteiger partial charge in [-0.25, -0.2) is 4.79 Å². The highest BCUT2D eigenvalue weighted by atomic mass is 16.7. The molecule has 3 rings (SSSR count). The van der Waals surface area contributed by atoms with Crippen molar-refractivity contribution in [2.45, 2.75) is 38.9 Å². The molecule has 1 aliphatic rings. The van der Waals surface area contributed by atoms with Gasteiger partial charge in [-0.05, 0) is 45.3 Å². The van der Waals surface area contributed by atoms with Gasteiger partial charge in [-0.1, -0.05) is 6.07 Å². The van der Waals surface area contributed by atoms with E-state index in [9.17, 15) is 4.79 Å². The zero-order valence-corrected chi connectivity index (χ0v) is 13.1. The standard InChI is InChI=1S/C15H19BN2O4/c1-14(2)15(3,4)22-16(21-14)10-5-6-11(18-13(19)20)12-9(10)7-8-17-12/h5-8,17-18H,1-4H3,(H,19,20). The average Bonchev–Trinajstić information content (AvgIpc) is 2.93. The molecule has 3 N–H and O–H groups in total. The van der Waals surface area contributed by atoms with Crippen LogP contribution in [0.2, 0.25) is 0 Å². The van der Waals surface area contributed by atoms with Gasteiger partial charge in [0.1, 0.15) is 0 Å². The molecule has 2 aromatic rings. The first-order valence-electron chi connectivity index (χ1n) is 7.17. The fraction of sp³-hybridized carbons (Fsp3) is 0.400. The third-order valence-corrected chi connectivity index (χ3v) is 4.51. The van der Waals surface area contributed by atoms with Crippen LogP contribution in [0.3, 0.4) is 0 Å². The highest BCUT2D eigenvalue weighted by Gasteiger charge is 2.52. The minimum absolute atomic E-state index is 0.418. The van der Waals surface area contributed by atoms with Crippen molar-refractivity contribution in [3.8, 4) is 0 Å². The topological polar surface area (TPSA) is 83.6 Å². The molecule has 0 unspecified atom stereocenters. The number of rotatable bonds is 2. The molecule has 0 spiro atoms. The number of fused-ring (bicyclic) bond motifs is 1. The lowest BCUT2D eigenvalue weighted by atomic mass is 9.77. The number of H-pyrrole nitrogens is 1. The summed E-state index contributed by atoms with van der Waals surface area (Å²) in [6.07, 6.45) is 0.672. The minimum Gasteiger partial charge on any atom is -0.465 e. The second-order valence-electron chi connectivity index (χ2n) is 6.49. The molecule has 6 nitrogen and oxygen atoms in total. The van der Waals surface area contributed by atoms with Crippen molar-refractivity contribution in [3.63, 3.8) is 0 Å². The molecular weight excluding hydrogens is 283 g/mol. The summed E-state index contributed by atoms with van der Waals surface area (Å²) in [5.41, 5.74) is 1.27. The zero-order valence-electron chi connectivity index (χ0n) is 13.1. The van der Waals surface area contributed by atoms with Gasteiger partial charge in [-0.15, -0.1) is 0 Å². The van der Waals surface area contributed by atoms with Crippen molar-refractivity contribution in [1.29, 1.82) is 0 Å². The van der Waals surface area contributed by atoms with E-state index >= 15 is 0 Å². The van der Waals surface area contributed by atoms with Gasteiger partial charge in [0.15, 0.2) is 0 Å². The van der Waals surface area contributed by atoms with Gasteiger partial charge in [0.2, 0.25) is 0 Å². The Morgan fingerprint density at radius 2 is 1.82 bits per heavy atom. The molecule has 2 heterocycles. The number of aromatic nitrogens is 1. The van der Waals surface area contributed by atoms with Gasteiger partial charge >= 0.3 is 13.2 Å². The van der Waals surface area contributed by atoms with Crippen LogP contribution < -0.4 is 10.8 Å². The second kappa shape index (κ2) is 4.76. The predicted octanol–water partition coefficient (Wildman–Crippen LogP) is 2.56. The molecule has 0 bridgehead atoms. The van der Waals surface area contributed by atoms with Gasteiger partial charge in [0.05, 0.1) is 22.4 Å². The molecule has 0 radical (unpaired) electrons. The Kier molecular flexibility index (Phi) is 3.23. The number of carbonyl (C=O) groups is 1. The van der Waals surface area contributed by atoms with Crippen LogP contribution in [0.5, 0.6) is 0 Å². The Morgan fingerprint density at radius 3 is 2.41 bits per heavy atom. The van der Waals surface area contributed by atoms with Crippen LogP contribution >= 0.6 is 0 Å². The van der Waals surface area contributed by atoms with Crippen molar-refractivity contribution in [1.82, 2.24) is 4.98 Å². The van der Waals surface area contributed by atoms with Crippen LogP contribution in [0.15, 0.2) is 24.4 Å². The molecule has 1 aliphatic heterocycles. The summed E-state index contributed by atoms with van der Waals surface area (Å²) in [6, 6.07) is 5.44. The maximum Gasteiger partial charge on any atom is 0.495 e. The van der Waals surface area contributed by atoms with Crippen LogP contribution in [-0.4, -0.2) is 34.5 Å². The molecule has 1 amide bonds. The van der Waals surface area contributed by atoms with Gasteiger partial charge in [-0.3, -0.25) is 5.32 Å². The molecule has 1 saturated heterocycles. The van der Waals surface area contributed by atoms with Crippen LogP contribution in [0.25, 0.3) is 10.9 Å². The van der Waals surface area contributed by atoms with E-state index in [-0.39, 0.29) is 0 Å². The number of nitrogens with one attached hydrogen (secondary N) is 2. The lowest BCUT2D eigenvalue weighted by molar-refractivity contribution is 0.00578. The quantitative estimate of drug-likeness (QED) is 0.744. The smallest absolute Gasteiger partial charge is 0.465 e. The molecule has 1 aromatic heterocycles. The lowest BCUT2D eigenvalue weighted by Gasteiger charge is -2.32. The van der Waals surface area contributed by atoms with E-state index in [4.69, 9.17) is 14.4 Å². The minimum atomic E-state index is -1.10. The Bertz CT molecular complexity index is 722. The highest BCUT2D eigenvalue weighted by Crippen LogP contribution is 2.37. The summed E-state index contributed by atoms with van der Waals surface area (Å²) in [5, 5.41) is 12.2. The van der Waals surface area contributed by atoms with E-state index in [0.717, 1.165) is 16.4 Å². The molecule has 116 valence electrons. The summed E-state index contributed by atoms with van der Waals surface area (Å²) in [4.78, 5) is 13.9. The molecule has 0 saturated carbocycles. The van der Waals surface area contributed by atoms with Gasteiger partial charge < -0.3 is 19.4 Å². The maximum atomic E-state index is 10.9. The average molecular weight is 302 g/mol. The highest BCUT2D eigenvalue weighted by molar-refractivity contribution is 6.65. The first-order chi connectivity index (χ1) is 10.2. The summed E-state index contributed by atoms with van der Waals surface area (Å²) < 4.78 is 12.2. The van der Waals surface area contributed by atoms with Gasteiger partial charge in [0.25, 0.3) is 0 Å². The lowest BCUT2D eigenvalue weighted by Crippen LogP contribution is -2.41. The van der Waals surface area contributed by atoms with E-state index in [2.05, 4.69) is 10.3 Å². The van der Waals surface area contributed by atoms with Crippen LogP contribution in [0.4, 0.5) is 10.5 Å². The third-order valence-electron chi connectivity index (χ3n) is 4.51. The predicted molar refractivity (Wildman–Crippen MR) is 85.7 cm³/mol. The largest absolute Gasteiger partial charge is 0.495 e. The molecule has 1 fully saturated rings. The molecule has 1 aromatic carbocycles. The van der Waals surface area contributed by atoms with Gasteiger partial charge in [-0.2, -0.15) is 0 Å². The van der Waals surface area contributed by atoms with Gasteiger partial charge in [0, 0.05) is 11.6 Å². The van der Waals surface area contributed by atoms with Crippen LogP contribution in [0, 0.1) is 0 Å². The van der Waals surface area contributed by atoms with Crippen molar-refractivity contribution in [2.75, 3.05) is 5.32 Å². The molecule has 0 aliphatic carbocycles. The number of aromatic amines is 1. The fourth-order valence-corrected chi connectivity index (χ4v) is 2.57. The first-order valence-corrected chi connectivity index (χ1v) is 7.17. The SMILES string of the molecule is CC1(C)OB(c2ccc(NC(=O)O)c3[nH]ccc23)OC1(C)C. The van der Waals surface area contributed by atoms with E-state index in [0.29, 0.717) is 5.69 Å². The van der Waals surface area contributed by atoms with Crippen LogP contribution in [0.1, 0.15) is 27.7 Å². The Labute approximate surface area is 128 Å². The molecular formula is C15H19BN2O4. The Hall–Kier alpha value is -1.99. The Morgan fingerprint density at radius 1 is 1.18 bits per heavy atom. The fourth-order valence-electron chi connectivity index (χ4n) is 2.57. The zero-order chi connectivity index (χ0) is 16.1. The maximum absolute atomic E-state index is 10.9. The molecule has 22 heavy (non-hydrogen) atoms. The summed E-state index contributed by atoms with van der Waals surface area (Å²) in [7, 11) is -0.484. The van der Waals surface area contributed by atoms with E-state index in [1.165, 1.54) is 0 Å². The Balaban J connectivity index is 2.03. The summed E-state index contributed by atoms with van der Waals surface area (Å²) in [6.45, 7) is 8.01. The second-order valence-corrected chi connectivity index (χ2v) is 6.49. The number of anilines is 1.